The van der Waals surface area contributed by atoms with Crippen LogP contribution in [-0.2, 0) is 6.54 Å². The van der Waals surface area contributed by atoms with E-state index in [1.807, 2.05) is 12.4 Å². The highest BCUT2D eigenvalue weighted by Gasteiger charge is 2.24. The first kappa shape index (κ1) is 11.5. The molecule has 0 spiro atoms. The van der Waals surface area contributed by atoms with E-state index in [-0.39, 0.29) is 0 Å². The molecule has 3 N–H and O–H groups in total. The molecule has 1 fully saturated rings. The van der Waals surface area contributed by atoms with Gasteiger partial charge in [-0.2, -0.15) is 0 Å². The Morgan fingerprint density at radius 1 is 1.56 bits per heavy atom. The topological polar surface area (TPSA) is 55.9 Å². The van der Waals surface area contributed by atoms with Crippen molar-refractivity contribution in [3.8, 4) is 0 Å². The van der Waals surface area contributed by atoms with Crippen LogP contribution in [0.25, 0.3) is 0 Å². The Hall–Kier alpha value is -1.03. The number of nitrogens with one attached hydrogen (secondary N) is 1. The third-order valence-electron chi connectivity index (χ3n) is 3.59. The van der Waals surface area contributed by atoms with E-state index in [1.165, 1.54) is 25.7 Å². The van der Waals surface area contributed by atoms with Crippen molar-refractivity contribution in [3.63, 3.8) is 0 Å². The van der Waals surface area contributed by atoms with Gasteiger partial charge in [-0.05, 0) is 25.7 Å². The molecule has 0 radical (unpaired) electrons. The zero-order chi connectivity index (χ0) is 11.4. The van der Waals surface area contributed by atoms with Gasteiger partial charge in [-0.1, -0.05) is 12.8 Å². The van der Waals surface area contributed by atoms with Gasteiger partial charge < -0.3 is 15.6 Å². The van der Waals surface area contributed by atoms with Crippen LogP contribution in [0.2, 0.25) is 0 Å². The highest BCUT2D eigenvalue weighted by atomic mass is 15.2. The third-order valence-corrected chi connectivity index (χ3v) is 3.59. The summed E-state index contributed by atoms with van der Waals surface area (Å²) in [5.41, 5.74) is 5.86. The quantitative estimate of drug-likeness (QED) is 0.799. The van der Waals surface area contributed by atoms with Gasteiger partial charge in [0.05, 0.1) is 0 Å². The van der Waals surface area contributed by atoms with Gasteiger partial charge in [-0.3, -0.25) is 0 Å². The molecule has 1 aliphatic rings. The molecule has 1 atom stereocenters. The summed E-state index contributed by atoms with van der Waals surface area (Å²) < 4.78 is 2.12. The molecule has 16 heavy (non-hydrogen) atoms. The fraction of sp³-hybridized carbons (Fsp3) is 0.750. The van der Waals surface area contributed by atoms with Gasteiger partial charge >= 0.3 is 0 Å². The predicted octanol–water partition coefficient (Wildman–Crippen LogP) is 1.83. The molecule has 0 amide bonds. The van der Waals surface area contributed by atoms with Crippen molar-refractivity contribution in [1.29, 1.82) is 0 Å². The minimum atomic E-state index is 0.384. The highest BCUT2D eigenvalue weighted by Crippen LogP contribution is 2.28. The molecule has 90 valence electrons. The van der Waals surface area contributed by atoms with E-state index in [0.717, 1.165) is 18.4 Å². The lowest BCUT2D eigenvalue weighted by Crippen LogP contribution is -2.36. The molecule has 4 nitrogen and oxygen atoms in total. The number of anilines is 1. The van der Waals surface area contributed by atoms with Crippen LogP contribution >= 0.6 is 0 Å². The zero-order valence-electron chi connectivity index (χ0n) is 10.0. The summed E-state index contributed by atoms with van der Waals surface area (Å²) in [7, 11) is 0. The maximum atomic E-state index is 5.86. The van der Waals surface area contributed by atoms with Crippen LogP contribution in [0.5, 0.6) is 0 Å². The van der Waals surface area contributed by atoms with Gasteiger partial charge in [-0.25, -0.2) is 4.98 Å². The Labute approximate surface area is 97.2 Å². The average molecular weight is 222 g/mol. The largest absolute Gasteiger partial charge is 0.351 e. The lowest BCUT2D eigenvalue weighted by Gasteiger charge is -2.23. The van der Waals surface area contributed by atoms with Gasteiger partial charge in [0.15, 0.2) is 0 Å². The number of aryl methyl sites for hydroxylation is 1. The zero-order valence-corrected chi connectivity index (χ0v) is 10.0. The Kier molecular flexibility index (Phi) is 3.83. The Bertz CT molecular complexity index is 315. The standard InChI is InChI=1S/C12H22N4/c1-2-16-8-7-14-12(16)15-11(9-13)10-5-3-4-6-10/h7-8,10-11H,2-6,9,13H2,1H3,(H,14,15). The van der Waals surface area contributed by atoms with Crippen LogP contribution in [0.4, 0.5) is 5.95 Å². The van der Waals surface area contributed by atoms with Gasteiger partial charge in [0.1, 0.15) is 0 Å². The smallest absolute Gasteiger partial charge is 0.203 e. The second kappa shape index (κ2) is 5.34. The number of nitrogens with zero attached hydrogens (tertiary/aromatic N) is 2. The number of imidazole rings is 1. The van der Waals surface area contributed by atoms with E-state index in [0.29, 0.717) is 12.6 Å². The Balaban J connectivity index is 2.00. The van der Waals surface area contributed by atoms with Crippen molar-refractivity contribution < 1.29 is 0 Å². The predicted molar refractivity (Wildman–Crippen MR) is 66.3 cm³/mol. The van der Waals surface area contributed by atoms with Crippen molar-refractivity contribution in [2.24, 2.45) is 11.7 Å². The third kappa shape index (κ3) is 2.38. The van der Waals surface area contributed by atoms with Gasteiger partial charge in [0.25, 0.3) is 0 Å². The fourth-order valence-corrected chi connectivity index (χ4v) is 2.60. The van der Waals surface area contributed by atoms with Crippen LogP contribution < -0.4 is 11.1 Å². The van der Waals surface area contributed by atoms with E-state index in [2.05, 4.69) is 21.8 Å². The summed E-state index contributed by atoms with van der Waals surface area (Å²) in [6.07, 6.45) is 9.16. The molecule has 1 aliphatic carbocycles. The van der Waals surface area contributed by atoms with Gasteiger partial charge in [0, 0.05) is 31.5 Å². The number of hydrogen-bond acceptors (Lipinski definition) is 3. The molecule has 1 aromatic heterocycles. The second-order valence-corrected chi connectivity index (χ2v) is 4.57. The molecule has 0 aromatic carbocycles. The van der Waals surface area contributed by atoms with Crippen molar-refractivity contribution in [2.75, 3.05) is 11.9 Å². The highest BCUT2D eigenvalue weighted by molar-refractivity contribution is 5.28. The summed E-state index contributed by atoms with van der Waals surface area (Å²) in [6, 6.07) is 0.384. The fourth-order valence-electron chi connectivity index (χ4n) is 2.60. The van der Waals surface area contributed by atoms with E-state index in [9.17, 15) is 0 Å². The van der Waals surface area contributed by atoms with E-state index in [4.69, 9.17) is 5.73 Å². The number of hydrogen-bond donors (Lipinski definition) is 2. The molecule has 1 unspecified atom stereocenters. The minimum Gasteiger partial charge on any atom is -0.351 e. The first-order chi connectivity index (χ1) is 7.85. The monoisotopic (exact) mass is 222 g/mol. The van der Waals surface area contributed by atoms with E-state index in [1.54, 1.807) is 0 Å². The minimum absolute atomic E-state index is 0.384. The molecule has 4 heteroatoms. The molecule has 0 saturated heterocycles. The maximum Gasteiger partial charge on any atom is 0.203 e. The van der Waals surface area contributed by atoms with Crippen LogP contribution in [0, 0.1) is 5.92 Å². The van der Waals surface area contributed by atoms with Gasteiger partial charge in [-0.15, -0.1) is 0 Å². The summed E-state index contributed by atoms with van der Waals surface area (Å²) in [4.78, 5) is 4.34. The first-order valence-electron chi connectivity index (χ1n) is 6.33. The van der Waals surface area contributed by atoms with Gasteiger partial charge in [0.2, 0.25) is 5.95 Å². The SMILES string of the molecule is CCn1ccnc1NC(CN)C1CCCC1. The number of rotatable bonds is 5. The Morgan fingerprint density at radius 3 is 2.94 bits per heavy atom. The molecular weight excluding hydrogens is 200 g/mol. The Morgan fingerprint density at radius 2 is 2.31 bits per heavy atom. The lowest BCUT2D eigenvalue weighted by molar-refractivity contribution is 0.458. The van der Waals surface area contributed by atoms with Crippen molar-refractivity contribution in [3.05, 3.63) is 12.4 Å². The van der Waals surface area contributed by atoms with Crippen LogP contribution in [0.3, 0.4) is 0 Å². The van der Waals surface area contributed by atoms with E-state index >= 15 is 0 Å². The summed E-state index contributed by atoms with van der Waals surface area (Å²) in [5, 5.41) is 3.50. The van der Waals surface area contributed by atoms with Crippen LogP contribution in [-0.4, -0.2) is 22.1 Å². The molecule has 0 bridgehead atoms. The molecular formula is C12H22N4. The average Bonchev–Trinajstić information content (AvgIpc) is 2.96. The molecule has 2 rings (SSSR count). The van der Waals surface area contributed by atoms with E-state index < -0.39 is 0 Å². The summed E-state index contributed by atoms with van der Waals surface area (Å²) in [5.74, 6) is 1.69. The number of nitrogens with two attached hydrogens (primary N) is 1. The van der Waals surface area contributed by atoms with Crippen LogP contribution in [0.15, 0.2) is 12.4 Å². The molecule has 0 aliphatic heterocycles. The van der Waals surface area contributed by atoms with Crippen molar-refractivity contribution >= 4 is 5.95 Å². The molecule has 1 aromatic rings. The molecule has 1 heterocycles. The lowest BCUT2D eigenvalue weighted by atomic mass is 9.98. The van der Waals surface area contributed by atoms with Crippen molar-refractivity contribution in [2.45, 2.75) is 45.2 Å². The summed E-state index contributed by atoms with van der Waals surface area (Å²) in [6.45, 7) is 3.77. The molecule has 1 saturated carbocycles. The van der Waals surface area contributed by atoms with Crippen molar-refractivity contribution in [1.82, 2.24) is 9.55 Å². The number of aromatic nitrogens is 2. The second-order valence-electron chi connectivity index (χ2n) is 4.57. The summed E-state index contributed by atoms with van der Waals surface area (Å²) >= 11 is 0. The normalized spacial score (nSPS) is 18.9. The maximum absolute atomic E-state index is 5.86. The first-order valence-corrected chi connectivity index (χ1v) is 6.33. The van der Waals surface area contributed by atoms with Crippen LogP contribution in [0.1, 0.15) is 32.6 Å².